The van der Waals surface area contributed by atoms with Crippen molar-refractivity contribution < 1.29 is 15.3 Å². The first-order valence-electron chi connectivity index (χ1n) is 3.32. The summed E-state index contributed by atoms with van der Waals surface area (Å²) in [5.74, 6) is -0.343. The van der Waals surface area contributed by atoms with Gasteiger partial charge in [-0.2, -0.15) is 0 Å². The highest BCUT2D eigenvalue weighted by molar-refractivity contribution is 7.20. The molecule has 0 saturated heterocycles. The van der Waals surface area contributed by atoms with Crippen LogP contribution < -0.4 is 0 Å². The molecule has 0 aliphatic rings. The van der Waals surface area contributed by atoms with Crippen LogP contribution in [0.15, 0.2) is 18.2 Å². The smallest absolute Gasteiger partial charge is 0.172 e. The highest BCUT2D eigenvalue weighted by atomic mass is 32.1. The van der Waals surface area contributed by atoms with Crippen molar-refractivity contribution in [3.8, 4) is 16.6 Å². The Morgan fingerprint density at radius 2 is 1.83 bits per heavy atom. The van der Waals surface area contributed by atoms with Crippen molar-refractivity contribution in [2.45, 2.75) is 0 Å². The van der Waals surface area contributed by atoms with Gasteiger partial charge in [0.15, 0.2) is 16.6 Å². The number of fused-ring (bicyclic) bond motifs is 1. The van der Waals surface area contributed by atoms with E-state index in [1.165, 1.54) is 12.1 Å². The molecule has 12 heavy (non-hydrogen) atoms. The SMILES string of the molecule is Oc1cc2c(O)c(O)ccc2s1. The van der Waals surface area contributed by atoms with Crippen LogP contribution in [-0.2, 0) is 0 Å². The van der Waals surface area contributed by atoms with Gasteiger partial charge in [0, 0.05) is 16.2 Å². The number of aromatic hydroxyl groups is 3. The summed E-state index contributed by atoms with van der Waals surface area (Å²) >= 11 is 1.16. The molecule has 0 spiro atoms. The molecule has 0 radical (unpaired) electrons. The minimum atomic E-state index is -0.177. The molecule has 0 unspecified atom stereocenters. The molecule has 4 heteroatoms. The molecule has 2 aromatic rings. The lowest BCUT2D eigenvalue weighted by Crippen LogP contribution is -1.67. The largest absolute Gasteiger partial charge is 0.504 e. The minimum Gasteiger partial charge on any atom is -0.504 e. The summed E-state index contributed by atoms with van der Waals surface area (Å²) in [6.07, 6.45) is 0. The van der Waals surface area contributed by atoms with Gasteiger partial charge in [0.2, 0.25) is 0 Å². The Morgan fingerprint density at radius 3 is 2.58 bits per heavy atom. The first-order chi connectivity index (χ1) is 5.68. The van der Waals surface area contributed by atoms with E-state index in [1.54, 1.807) is 6.07 Å². The standard InChI is InChI=1S/C8H6O3S/c9-5-1-2-6-4(8(5)11)3-7(10)12-6/h1-3,9-11H. The molecule has 3 N–H and O–H groups in total. The van der Waals surface area contributed by atoms with Crippen molar-refractivity contribution in [3.63, 3.8) is 0 Å². The van der Waals surface area contributed by atoms with Gasteiger partial charge in [-0.15, -0.1) is 0 Å². The Hall–Kier alpha value is -1.42. The van der Waals surface area contributed by atoms with Gasteiger partial charge in [0.05, 0.1) is 0 Å². The predicted octanol–water partition coefficient (Wildman–Crippen LogP) is 2.02. The summed E-state index contributed by atoms with van der Waals surface area (Å²) < 4.78 is 0.753. The van der Waals surface area contributed by atoms with Gasteiger partial charge in [-0.25, -0.2) is 0 Å². The fourth-order valence-electron chi connectivity index (χ4n) is 1.07. The Labute approximate surface area is 72.1 Å². The van der Waals surface area contributed by atoms with E-state index in [9.17, 15) is 5.11 Å². The number of benzene rings is 1. The lowest BCUT2D eigenvalue weighted by molar-refractivity contribution is 0.408. The highest BCUT2D eigenvalue weighted by Crippen LogP contribution is 2.40. The fourth-order valence-corrected chi connectivity index (χ4v) is 1.88. The van der Waals surface area contributed by atoms with E-state index in [1.807, 2.05) is 0 Å². The molecule has 2 rings (SSSR count). The van der Waals surface area contributed by atoms with E-state index in [-0.39, 0.29) is 16.6 Å². The number of thiophene rings is 1. The van der Waals surface area contributed by atoms with Gasteiger partial charge in [-0.1, -0.05) is 11.3 Å². The van der Waals surface area contributed by atoms with E-state index in [0.29, 0.717) is 5.39 Å². The maximum Gasteiger partial charge on any atom is 0.172 e. The molecule has 3 nitrogen and oxygen atoms in total. The average Bonchev–Trinajstić information content (AvgIpc) is 2.39. The van der Waals surface area contributed by atoms with Gasteiger partial charge in [-0.3, -0.25) is 0 Å². The Balaban J connectivity index is 2.89. The van der Waals surface area contributed by atoms with E-state index in [2.05, 4.69) is 0 Å². The molecular formula is C8H6O3S. The predicted molar refractivity (Wildman–Crippen MR) is 46.8 cm³/mol. The molecule has 1 heterocycles. The van der Waals surface area contributed by atoms with Crippen LogP contribution in [0, 0.1) is 0 Å². The molecule has 0 saturated carbocycles. The monoisotopic (exact) mass is 182 g/mol. The van der Waals surface area contributed by atoms with Crippen molar-refractivity contribution >= 4 is 21.4 Å². The Bertz CT molecular complexity index is 433. The van der Waals surface area contributed by atoms with Crippen molar-refractivity contribution in [2.75, 3.05) is 0 Å². The van der Waals surface area contributed by atoms with Crippen molar-refractivity contribution in [1.29, 1.82) is 0 Å². The van der Waals surface area contributed by atoms with Crippen molar-refractivity contribution in [3.05, 3.63) is 18.2 Å². The molecule has 0 amide bonds. The van der Waals surface area contributed by atoms with E-state index in [0.717, 1.165) is 16.0 Å². The summed E-state index contributed by atoms with van der Waals surface area (Å²) in [5.41, 5.74) is 0. The summed E-state index contributed by atoms with van der Waals surface area (Å²) in [4.78, 5) is 0. The van der Waals surface area contributed by atoms with Crippen molar-refractivity contribution in [2.24, 2.45) is 0 Å². The van der Waals surface area contributed by atoms with Crippen LogP contribution in [0.1, 0.15) is 0 Å². The second-order valence-electron chi connectivity index (χ2n) is 2.43. The molecule has 1 aromatic heterocycles. The second-order valence-corrected chi connectivity index (χ2v) is 3.49. The third kappa shape index (κ3) is 0.887. The van der Waals surface area contributed by atoms with Crippen LogP contribution in [0.3, 0.4) is 0 Å². The summed E-state index contributed by atoms with van der Waals surface area (Å²) in [7, 11) is 0. The summed E-state index contributed by atoms with van der Waals surface area (Å²) in [6, 6.07) is 4.47. The number of rotatable bonds is 0. The molecule has 0 atom stereocenters. The van der Waals surface area contributed by atoms with Gasteiger partial charge < -0.3 is 15.3 Å². The summed E-state index contributed by atoms with van der Waals surface area (Å²) in [5, 5.41) is 28.1. The number of phenolic OH excluding ortho intramolecular Hbond substituents is 2. The maximum atomic E-state index is 9.32. The van der Waals surface area contributed by atoms with Crippen molar-refractivity contribution in [1.82, 2.24) is 0 Å². The van der Waals surface area contributed by atoms with Crippen LogP contribution in [0.5, 0.6) is 16.6 Å². The number of hydrogen-bond donors (Lipinski definition) is 3. The lowest BCUT2D eigenvalue weighted by atomic mass is 10.2. The topological polar surface area (TPSA) is 60.7 Å². The Kier molecular flexibility index (Phi) is 1.38. The van der Waals surface area contributed by atoms with E-state index < -0.39 is 0 Å². The first-order valence-corrected chi connectivity index (χ1v) is 4.13. The van der Waals surface area contributed by atoms with Gasteiger partial charge in [0.1, 0.15) is 0 Å². The van der Waals surface area contributed by atoms with E-state index in [4.69, 9.17) is 10.2 Å². The third-order valence-corrected chi connectivity index (χ3v) is 2.54. The average molecular weight is 182 g/mol. The van der Waals surface area contributed by atoms with Crippen LogP contribution >= 0.6 is 11.3 Å². The number of phenols is 2. The zero-order valence-electron chi connectivity index (χ0n) is 5.98. The summed E-state index contributed by atoms with van der Waals surface area (Å²) in [6.45, 7) is 0. The zero-order chi connectivity index (χ0) is 8.72. The molecular weight excluding hydrogens is 176 g/mol. The maximum absolute atomic E-state index is 9.32. The molecule has 62 valence electrons. The Morgan fingerprint density at radius 1 is 1.08 bits per heavy atom. The molecule has 0 aliphatic heterocycles. The highest BCUT2D eigenvalue weighted by Gasteiger charge is 2.07. The van der Waals surface area contributed by atoms with Crippen LogP contribution in [-0.4, -0.2) is 15.3 Å². The second kappa shape index (κ2) is 2.28. The third-order valence-electron chi connectivity index (χ3n) is 1.64. The minimum absolute atomic E-state index is 0.130. The molecule has 0 bridgehead atoms. The lowest BCUT2D eigenvalue weighted by Gasteiger charge is -1.96. The molecule has 0 fully saturated rings. The van der Waals surface area contributed by atoms with Gasteiger partial charge in [-0.05, 0) is 12.1 Å². The normalized spacial score (nSPS) is 10.7. The molecule has 1 aromatic carbocycles. The quantitative estimate of drug-likeness (QED) is 0.546. The van der Waals surface area contributed by atoms with Crippen LogP contribution in [0.4, 0.5) is 0 Å². The van der Waals surface area contributed by atoms with E-state index >= 15 is 0 Å². The fraction of sp³-hybridized carbons (Fsp3) is 0. The number of hydrogen-bond acceptors (Lipinski definition) is 4. The van der Waals surface area contributed by atoms with Gasteiger partial charge in [0.25, 0.3) is 0 Å². The van der Waals surface area contributed by atoms with Gasteiger partial charge >= 0.3 is 0 Å². The van der Waals surface area contributed by atoms with Crippen LogP contribution in [0.25, 0.3) is 10.1 Å². The van der Waals surface area contributed by atoms with Crippen LogP contribution in [0.2, 0.25) is 0 Å². The zero-order valence-corrected chi connectivity index (χ0v) is 6.80. The molecule has 0 aliphatic carbocycles. The first kappa shape index (κ1) is 7.24.